The van der Waals surface area contributed by atoms with Crippen molar-refractivity contribution in [3.8, 4) is 0 Å². The predicted molar refractivity (Wildman–Crippen MR) is 66.0 cm³/mol. The Labute approximate surface area is 98.3 Å². The molecule has 3 nitrogen and oxygen atoms in total. The minimum Gasteiger partial charge on any atom is -0.320 e. The second kappa shape index (κ2) is 4.45. The zero-order valence-corrected chi connectivity index (χ0v) is 9.97. The summed E-state index contributed by atoms with van der Waals surface area (Å²) in [5.41, 5.74) is 2.35. The number of rotatable bonds is 2. The summed E-state index contributed by atoms with van der Waals surface area (Å²) in [7, 11) is 0. The molecule has 1 amide bonds. The number of carbonyl (C=O) groups excluding carboxylic acids is 1. The molecule has 1 N–H and O–H groups in total. The van der Waals surface area contributed by atoms with Gasteiger partial charge in [-0.15, -0.1) is 0 Å². The van der Waals surface area contributed by atoms with Crippen LogP contribution in [0.2, 0.25) is 0 Å². The summed E-state index contributed by atoms with van der Waals surface area (Å²) in [6.45, 7) is 3.89. The molecule has 0 spiro atoms. The van der Waals surface area contributed by atoms with Crippen molar-refractivity contribution in [1.29, 1.82) is 0 Å². The Morgan fingerprint density at radius 3 is 2.69 bits per heavy atom. The average molecular weight is 232 g/mol. The van der Waals surface area contributed by atoms with Gasteiger partial charge in [0.1, 0.15) is 5.69 Å². The molecule has 2 aromatic rings. The maximum absolute atomic E-state index is 11.8. The van der Waals surface area contributed by atoms with Crippen molar-refractivity contribution in [3.05, 3.63) is 46.5 Å². The van der Waals surface area contributed by atoms with Crippen molar-refractivity contribution in [2.24, 2.45) is 0 Å². The van der Waals surface area contributed by atoms with E-state index in [9.17, 15) is 4.79 Å². The van der Waals surface area contributed by atoms with Gasteiger partial charge in [-0.2, -0.15) is 4.37 Å². The van der Waals surface area contributed by atoms with E-state index in [0.29, 0.717) is 5.69 Å². The summed E-state index contributed by atoms with van der Waals surface area (Å²) >= 11 is 1.34. The lowest BCUT2D eigenvalue weighted by molar-refractivity contribution is 0.102. The molecule has 0 fully saturated rings. The maximum Gasteiger partial charge on any atom is 0.275 e. The summed E-state index contributed by atoms with van der Waals surface area (Å²) < 4.78 is 4.07. The molecule has 1 heterocycles. The van der Waals surface area contributed by atoms with Crippen molar-refractivity contribution in [2.45, 2.75) is 13.8 Å². The first-order valence-corrected chi connectivity index (χ1v) is 5.74. The smallest absolute Gasteiger partial charge is 0.275 e. The highest BCUT2D eigenvalue weighted by Crippen LogP contribution is 2.15. The minimum absolute atomic E-state index is 0.154. The van der Waals surface area contributed by atoms with Crippen LogP contribution in [0.25, 0.3) is 0 Å². The van der Waals surface area contributed by atoms with Crippen LogP contribution in [0.15, 0.2) is 30.3 Å². The summed E-state index contributed by atoms with van der Waals surface area (Å²) in [5, 5.41) is 2.85. The molecule has 82 valence electrons. The number of aryl methyl sites for hydroxylation is 2. The molecule has 1 aromatic heterocycles. The van der Waals surface area contributed by atoms with E-state index in [0.717, 1.165) is 16.1 Å². The third-order valence-corrected chi connectivity index (χ3v) is 2.95. The van der Waals surface area contributed by atoms with E-state index in [2.05, 4.69) is 9.69 Å². The van der Waals surface area contributed by atoms with Crippen LogP contribution in [0.1, 0.15) is 20.9 Å². The number of anilines is 1. The summed E-state index contributed by atoms with van der Waals surface area (Å²) in [5.74, 6) is -0.154. The first kappa shape index (κ1) is 10.8. The van der Waals surface area contributed by atoms with Gasteiger partial charge in [0.15, 0.2) is 0 Å². The average Bonchev–Trinajstić information content (AvgIpc) is 2.68. The Hall–Kier alpha value is -1.68. The quantitative estimate of drug-likeness (QED) is 0.864. The molecular formula is C12H12N2OS. The highest BCUT2D eigenvalue weighted by atomic mass is 32.1. The van der Waals surface area contributed by atoms with E-state index in [1.165, 1.54) is 11.5 Å². The van der Waals surface area contributed by atoms with Crippen LogP contribution in [-0.2, 0) is 0 Å². The molecule has 0 aliphatic rings. The largest absolute Gasteiger partial charge is 0.320 e. The monoisotopic (exact) mass is 232 g/mol. The lowest BCUT2D eigenvalue weighted by Crippen LogP contribution is -2.12. The van der Waals surface area contributed by atoms with Crippen LogP contribution in [0.4, 0.5) is 5.69 Å². The highest BCUT2D eigenvalue weighted by molar-refractivity contribution is 7.05. The van der Waals surface area contributed by atoms with Crippen molar-refractivity contribution in [3.63, 3.8) is 0 Å². The Morgan fingerprint density at radius 2 is 2.06 bits per heavy atom. The van der Waals surface area contributed by atoms with Gasteiger partial charge in [-0.1, -0.05) is 18.2 Å². The van der Waals surface area contributed by atoms with Crippen LogP contribution in [-0.4, -0.2) is 10.3 Å². The summed E-state index contributed by atoms with van der Waals surface area (Å²) in [6, 6.07) is 9.47. The number of nitrogens with zero attached hydrogens (tertiary/aromatic N) is 1. The molecule has 0 saturated heterocycles. The van der Waals surface area contributed by atoms with Crippen molar-refractivity contribution in [1.82, 2.24) is 4.37 Å². The van der Waals surface area contributed by atoms with Gasteiger partial charge in [0.25, 0.3) is 5.91 Å². The van der Waals surface area contributed by atoms with Gasteiger partial charge >= 0.3 is 0 Å². The molecule has 0 saturated carbocycles. The van der Waals surface area contributed by atoms with Gasteiger partial charge in [0.05, 0.1) is 0 Å². The molecule has 2 rings (SSSR count). The molecular weight excluding hydrogens is 220 g/mol. The van der Waals surface area contributed by atoms with E-state index < -0.39 is 0 Å². The van der Waals surface area contributed by atoms with Crippen LogP contribution in [0, 0.1) is 13.8 Å². The second-order valence-corrected chi connectivity index (χ2v) is 4.60. The van der Waals surface area contributed by atoms with E-state index in [-0.39, 0.29) is 5.91 Å². The number of hydrogen-bond donors (Lipinski definition) is 1. The van der Waals surface area contributed by atoms with Crippen molar-refractivity contribution >= 4 is 23.1 Å². The molecule has 16 heavy (non-hydrogen) atoms. The number of benzene rings is 1. The van der Waals surface area contributed by atoms with Gasteiger partial charge in [0, 0.05) is 10.6 Å². The predicted octanol–water partition coefficient (Wildman–Crippen LogP) is 3.01. The van der Waals surface area contributed by atoms with Crippen LogP contribution in [0.5, 0.6) is 0 Å². The fourth-order valence-corrected chi connectivity index (χ4v) is 1.92. The molecule has 0 aliphatic carbocycles. The van der Waals surface area contributed by atoms with Crippen molar-refractivity contribution in [2.75, 3.05) is 5.32 Å². The van der Waals surface area contributed by atoms with Gasteiger partial charge < -0.3 is 5.32 Å². The topological polar surface area (TPSA) is 42.0 Å². The fraction of sp³-hybridized carbons (Fsp3) is 0.167. The van der Waals surface area contributed by atoms with E-state index in [1.54, 1.807) is 6.07 Å². The minimum atomic E-state index is -0.154. The van der Waals surface area contributed by atoms with Gasteiger partial charge in [-0.25, -0.2) is 0 Å². The summed E-state index contributed by atoms with van der Waals surface area (Å²) in [4.78, 5) is 12.8. The number of aromatic nitrogens is 1. The van der Waals surface area contributed by atoms with Gasteiger partial charge in [-0.05, 0) is 43.1 Å². The van der Waals surface area contributed by atoms with E-state index >= 15 is 0 Å². The van der Waals surface area contributed by atoms with E-state index in [4.69, 9.17) is 0 Å². The zero-order chi connectivity index (χ0) is 11.5. The molecule has 0 unspecified atom stereocenters. The van der Waals surface area contributed by atoms with Gasteiger partial charge in [0.2, 0.25) is 0 Å². The van der Waals surface area contributed by atoms with Crippen LogP contribution >= 0.6 is 11.5 Å². The number of carbonyl (C=O) groups is 1. The third kappa shape index (κ3) is 2.28. The molecule has 4 heteroatoms. The van der Waals surface area contributed by atoms with Crippen LogP contribution in [0.3, 0.4) is 0 Å². The summed E-state index contributed by atoms with van der Waals surface area (Å²) in [6.07, 6.45) is 0. The molecule has 0 atom stereocenters. The Morgan fingerprint density at radius 1 is 1.31 bits per heavy atom. The maximum atomic E-state index is 11.8. The number of para-hydroxylation sites is 1. The normalized spacial score (nSPS) is 10.1. The highest BCUT2D eigenvalue weighted by Gasteiger charge is 2.10. The first-order chi connectivity index (χ1) is 7.66. The number of hydrogen-bond acceptors (Lipinski definition) is 3. The van der Waals surface area contributed by atoms with Crippen molar-refractivity contribution < 1.29 is 4.79 Å². The standard InChI is InChI=1S/C12H12N2OS/c1-8-5-3-4-6-10(8)13-12(15)11-7-9(2)16-14-11/h3-7H,1-2H3,(H,13,15). The number of nitrogens with one attached hydrogen (secondary N) is 1. The second-order valence-electron chi connectivity index (χ2n) is 3.59. The lowest BCUT2D eigenvalue weighted by atomic mass is 10.2. The van der Waals surface area contributed by atoms with E-state index in [1.807, 2.05) is 38.1 Å². The third-order valence-electron chi connectivity index (χ3n) is 2.25. The van der Waals surface area contributed by atoms with Crippen LogP contribution < -0.4 is 5.32 Å². The Kier molecular flexibility index (Phi) is 3.01. The molecule has 0 radical (unpaired) electrons. The fourth-order valence-electron chi connectivity index (χ4n) is 1.37. The Balaban J connectivity index is 2.17. The zero-order valence-electron chi connectivity index (χ0n) is 9.15. The molecule has 1 aromatic carbocycles. The molecule has 0 aliphatic heterocycles. The number of amides is 1. The molecule has 0 bridgehead atoms. The first-order valence-electron chi connectivity index (χ1n) is 4.97. The Bertz CT molecular complexity index is 519. The van der Waals surface area contributed by atoms with Gasteiger partial charge in [-0.3, -0.25) is 4.79 Å². The SMILES string of the molecule is Cc1cc(C(=O)Nc2ccccc2C)ns1. The lowest BCUT2D eigenvalue weighted by Gasteiger charge is -2.05.